The molecule has 2 aliphatic rings. The Hall–Kier alpha value is -1.02. The molecule has 2 bridgehead atoms. The third-order valence-electron chi connectivity index (χ3n) is 4.51. The average Bonchev–Trinajstić information content (AvgIpc) is 2.54. The Labute approximate surface area is 97.4 Å². The van der Waals surface area contributed by atoms with Gasteiger partial charge in [-0.05, 0) is 56.3 Å². The number of fused-ring (bicyclic) bond motifs is 2. The quantitative estimate of drug-likeness (QED) is 0.731. The molecule has 0 spiro atoms. The van der Waals surface area contributed by atoms with Gasteiger partial charge in [-0.25, -0.2) is 0 Å². The number of nitrogens with two attached hydrogens (primary N) is 1. The standard InChI is InChI=1S/C14H20N2/c1-16-13-6-7-14(16)9-11(8-13)10-2-4-12(15)5-3-10/h2-5,11,13-14H,6-9,15H2,1H3. The van der Waals surface area contributed by atoms with Gasteiger partial charge < -0.3 is 10.6 Å². The predicted octanol–water partition coefficient (Wildman–Crippen LogP) is 2.61. The fourth-order valence-electron chi connectivity index (χ4n) is 3.45. The van der Waals surface area contributed by atoms with Gasteiger partial charge in [0, 0.05) is 17.8 Å². The largest absolute Gasteiger partial charge is 0.399 e. The molecule has 2 unspecified atom stereocenters. The number of nitrogens with zero attached hydrogens (tertiary/aromatic N) is 1. The van der Waals surface area contributed by atoms with Crippen LogP contribution in [-0.2, 0) is 0 Å². The summed E-state index contributed by atoms with van der Waals surface area (Å²) in [5, 5.41) is 0. The summed E-state index contributed by atoms with van der Waals surface area (Å²) in [7, 11) is 2.29. The summed E-state index contributed by atoms with van der Waals surface area (Å²) in [5.74, 6) is 0.759. The minimum absolute atomic E-state index is 0.759. The van der Waals surface area contributed by atoms with Gasteiger partial charge in [0.15, 0.2) is 0 Å². The van der Waals surface area contributed by atoms with Crippen LogP contribution >= 0.6 is 0 Å². The van der Waals surface area contributed by atoms with Gasteiger partial charge in [-0.1, -0.05) is 12.1 Å². The van der Waals surface area contributed by atoms with E-state index in [0.717, 1.165) is 23.7 Å². The number of nitrogen functional groups attached to an aromatic ring is 1. The molecule has 2 nitrogen and oxygen atoms in total. The molecule has 16 heavy (non-hydrogen) atoms. The van der Waals surface area contributed by atoms with Gasteiger partial charge in [-0.2, -0.15) is 0 Å². The fourth-order valence-corrected chi connectivity index (χ4v) is 3.45. The molecular weight excluding hydrogens is 196 g/mol. The minimum atomic E-state index is 0.759. The van der Waals surface area contributed by atoms with Crippen LogP contribution in [0.15, 0.2) is 24.3 Å². The van der Waals surface area contributed by atoms with E-state index >= 15 is 0 Å². The van der Waals surface area contributed by atoms with Crippen LogP contribution in [-0.4, -0.2) is 24.0 Å². The summed E-state index contributed by atoms with van der Waals surface area (Å²) < 4.78 is 0. The van der Waals surface area contributed by atoms with Crippen LogP contribution in [0.25, 0.3) is 0 Å². The number of piperidine rings is 1. The number of rotatable bonds is 1. The highest BCUT2D eigenvalue weighted by Gasteiger charge is 2.38. The maximum absolute atomic E-state index is 5.74. The van der Waals surface area contributed by atoms with Crippen molar-refractivity contribution in [2.24, 2.45) is 0 Å². The molecule has 0 radical (unpaired) electrons. The van der Waals surface area contributed by atoms with E-state index < -0.39 is 0 Å². The minimum Gasteiger partial charge on any atom is -0.399 e. The number of hydrogen-bond acceptors (Lipinski definition) is 2. The number of anilines is 1. The molecule has 1 aromatic rings. The monoisotopic (exact) mass is 216 g/mol. The van der Waals surface area contributed by atoms with E-state index in [1.54, 1.807) is 0 Å². The maximum atomic E-state index is 5.74. The van der Waals surface area contributed by atoms with Gasteiger partial charge >= 0.3 is 0 Å². The van der Waals surface area contributed by atoms with Crippen molar-refractivity contribution < 1.29 is 0 Å². The van der Waals surface area contributed by atoms with E-state index in [1.165, 1.54) is 31.2 Å². The molecule has 1 aromatic carbocycles. The second-order valence-corrected chi connectivity index (χ2v) is 5.39. The molecule has 2 heteroatoms. The molecule has 86 valence electrons. The van der Waals surface area contributed by atoms with Crippen LogP contribution in [0.4, 0.5) is 5.69 Å². The van der Waals surface area contributed by atoms with Gasteiger partial charge in [-0.3, -0.25) is 0 Å². The van der Waals surface area contributed by atoms with E-state index in [9.17, 15) is 0 Å². The summed E-state index contributed by atoms with van der Waals surface area (Å²) in [6.45, 7) is 0. The Morgan fingerprint density at radius 2 is 1.62 bits per heavy atom. The van der Waals surface area contributed by atoms with Crippen molar-refractivity contribution in [2.45, 2.75) is 43.7 Å². The SMILES string of the molecule is CN1C2CCC1CC(c1ccc(N)cc1)C2. The summed E-state index contributed by atoms with van der Waals surface area (Å²) in [6.07, 6.45) is 5.45. The Kier molecular flexibility index (Phi) is 2.40. The van der Waals surface area contributed by atoms with E-state index in [0.29, 0.717) is 0 Å². The summed E-state index contributed by atoms with van der Waals surface area (Å²) in [4.78, 5) is 2.59. The predicted molar refractivity (Wildman–Crippen MR) is 67.4 cm³/mol. The molecular formula is C14H20N2. The van der Waals surface area contributed by atoms with Gasteiger partial charge in [0.1, 0.15) is 0 Å². The van der Waals surface area contributed by atoms with E-state index in [4.69, 9.17) is 5.73 Å². The molecule has 2 atom stereocenters. The highest BCUT2D eigenvalue weighted by molar-refractivity contribution is 5.40. The molecule has 2 heterocycles. The van der Waals surface area contributed by atoms with Crippen molar-refractivity contribution in [3.8, 4) is 0 Å². The number of hydrogen-bond donors (Lipinski definition) is 1. The molecule has 2 N–H and O–H groups in total. The zero-order valence-corrected chi connectivity index (χ0v) is 9.89. The van der Waals surface area contributed by atoms with Crippen molar-refractivity contribution in [2.75, 3.05) is 12.8 Å². The molecule has 0 amide bonds. The molecule has 2 aliphatic heterocycles. The lowest BCUT2D eigenvalue weighted by molar-refractivity contribution is 0.161. The molecule has 0 aliphatic carbocycles. The third kappa shape index (κ3) is 1.61. The van der Waals surface area contributed by atoms with Crippen LogP contribution < -0.4 is 5.73 Å². The number of benzene rings is 1. The zero-order valence-electron chi connectivity index (χ0n) is 9.89. The van der Waals surface area contributed by atoms with Crippen molar-refractivity contribution >= 4 is 5.69 Å². The first-order chi connectivity index (χ1) is 7.74. The van der Waals surface area contributed by atoms with Crippen molar-refractivity contribution in [1.29, 1.82) is 0 Å². The fraction of sp³-hybridized carbons (Fsp3) is 0.571. The van der Waals surface area contributed by atoms with Crippen molar-refractivity contribution in [3.05, 3.63) is 29.8 Å². The molecule has 3 rings (SSSR count). The smallest absolute Gasteiger partial charge is 0.0314 e. The first-order valence-corrected chi connectivity index (χ1v) is 6.31. The van der Waals surface area contributed by atoms with Crippen LogP contribution in [0.2, 0.25) is 0 Å². The van der Waals surface area contributed by atoms with Gasteiger partial charge in [0.25, 0.3) is 0 Å². The first-order valence-electron chi connectivity index (χ1n) is 6.31. The van der Waals surface area contributed by atoms with Gasteiger partial charge in [0.05, 0.1) is 0 Å². The topological polar surface area (TPSA) is 29.3 Å². The van der Waals surface area contributed by atoms with Crippen LogP contribution in [0.3, 0.4) is 0 Å². The molecule has 2 fully saturated rings. The highest BCUT2D eigenvalue weighted by Crippen LogP contribution is 2.42. The molecule has 0 aromatic heterocycles. The zero-order chi connectivity index (χ0) is 11.1. The van der Waals surface area contributed by atoms with Crippen LogP contribution in [0.5, 0.6) is 0 Å². The Balaban J connectivity index is 1.80. The second-order valence-electron chi connectivity index (χ2n) is 5.39. The Morgan fingerprint density at radius 3 is 2.19 bits per heavy atom. The van der Waals surface area contributed by atoms with E-state index in [2.05, 4.69) is 24.1 Å². The lowest BCUT2D eigenvalue weighted by Crippen LogP contribution is -2.39. The maximum Gasteiger partial charge on any atom is 0.0314 e. The van der Waals surface area contributed by atoms with Crippen LogP contribution in [0.1, 0.15) is 37.2 Å². The van der Waals surface area contributed by atoms with E-state index in [-0.39, 0.29) is 0 Å². The normalized spacial score (nSPS) is 34.2. The van der Waals surface area contributed by atoms with Gasteiger partial charge in [-0.15, -0.1) is 0 Å². The third-order valence-corrected chi connectivity index (χ3v) is 4.51. The van der Waals surface area contributed by atoms with Crippen LogP contribution in [0, 0.1) is 0 Å². The lowest BCUT2D eigenvalue weighted by atomic mass is 9.85. The summed E-state index contributed by atoms with van der Waals surface area (Å²) >= 11 is 0. The highest BCUT2D eigenvalue weighted by atomic mass is 15.2. The molecule has 2 saturated heterocycles. The average molecular weight is 216 g/mol. The summed E-state index contributed by atoms with van der Waals surface area (Å²) in [6, 6.07) is 10.1. The first kappa shape index (κ1) is 10.2. The second kappa shape index (κ2) is 3.77. The molecule has 0 saturated carbocycles. The lowest BCUT2D eigenvalue weighted by Gasteiger charge is -2.36. The Bertz CT molecular complexity index is 357. The van der Waals surface area contributed by atoms with Crippen molar-refractivity contribution in [3.63, 3.8) is 0 Å². The van der Waals surface area contributed by atoms with Gasteiger partial charge in [0.2, 0.25) is 0 Å². The van der Waals surface area contributed by atoms with Crippen molar-refractivity contribution in [1.82, 2.24) is 4.90 Å². The Morgan fingerprint density at radius 1 is 1.06 bits per heavy atom. The van der Waals surface area contributed by atoms with E-state index in [1.807, 2.05) is 12.1 Å². The summed E-state index contributed by atoms with van der Waals surface area (Å²) in [5.41, 5.74) is 8.10.